The summed E-state index contributed by atoms with van der Waals surface area (Å²) in [7, 11) is 0. The molecular weight excluding hydrogens is 454 g/mol. The van der Waals surface area contributed by atoms with Gasteiger partial charge in [-0.2, -0.15) is 0 Å². The molecule has 0 bridgehead atoms. The van der Waals surface area contributed by atoms with E-state index in [4.69, 9.17) is 11.6 Å². The monoisotopic (exact) mass is 466 g/mol. The zero-order valence-corrected chi connectivity index (χ0v) is 15.7. The topological polar surface area (TPSA) is 45.8 Å². The maximum Gasteiger partial charge on any atom is 0.264 e. The van der Waals surface area contributed by atoms with E-state index in [-0.39, 0.29) is 11.0 Å². The molecule has 0 atom stereocenters. The highest BCUT2D eigenvalue weighted by Crippen LogP contribution is 2.29. The molecule has 0 aliphatic heterocycles. The molecular formula is C14H13BrClIN2O. The molecule has 20 heavy (non-hydrogen) atoms. The summed E-state index contributed by atoms with van der Waals surface area (Å²) >= 11 is 11.4. The zero-order valence-electron chi connectivity index (χ0n) is 11.2. The van der Waals surface area contributed by atoms with Crippen molar-refractivity contribution in [2.45, 2.75) is 26.2 Å². The quantitative estimate of drug-likeness (QED) is 0.615. The molecule has 1 N–H and O–H groups in total. The van der Waals surface area contributed by atoms with Gasteiger partial charge in [0.25, 0.3) is 5.56 Å². The Kier molecular flexibility index (Phi) is 4.61. The molecule has 106 valence electrons. The normalized spacial score (nSPS) is 11.7. The van der Waals surface area contributed by atoms with Gasteiger partial charge in [-0.15, -0.1) is 0 Å². The molecule has 6 heteroatoms. The van der Waals surface area contributed by atoms with Crippen LogP contribution < -0.4 is 5.56 Å². The standard InChI is InChI=1S/C14H13BrClIN2O/c1-14(2,3)11-10(17)13(20)19-12(18-11)7-4-5-9(16)8(15)6-7/h4-6H,1-3H3,(H,18,19,20). The maximum atomic E-state index is 12.1. The molecule has 0 aliphatic carbocycles. The SMILES string of the molecule is CC(C)(C)c1nc(-c2ccc(Cl)c(Br)c2)[nH]c(=O)c1I. The lowest BCUT2D eigenvalue weighted by Crippen LogP contribution is -2.24. The summed E-state index contributed by atoms with van der Waals surface area (Å²) in [5.74, 6) is 0.553. The number of nitrogens with one attached hydrogen (secondary N) is 1. The molecule has 2 rings (SSSR count). The van der Waals surface area contributed by atoms with Gasteiger partial charge in [0.1, 0.15) is 9.39 Å². The second kappa shape index (κ2) is 5.77. The van der Waals surface area contributed by atoms with Crippen LogP contribution in [-0.4, -0.2) is 9.97 Å². The number of rotatable bonds is 1. The largest absolute Gasteiger partial charge is 0.306 e. The van der Waals surface area contributed by atoms with Gasteiger partial charge in [-0.3, -0.25) is 4.79 Å². The lowest BCUT2D eigenvalue weighted by molar-refractivity contribution is 0.562. The number of H-pyrrole nitrogens is 1. The van der Waals surface area contributed by atoms with E-state index in [0.29, 0.717) is 14.4 Å². The minimum absolute atomic E-state index is 0.119. The fourth-order valence-corrected chi connectivity index (χ4v) is 3.30. The predicted molar refractivity (Wildman–Crippen MR) is 94.4 cm³/mol. The van der Waals surface area contributed by atoms with E-state index in [9.17, 15) is 4.79 Å². The molecule has 0 saturated carbocycles. The Morgan fingerprint density at radius 2 is 2.00 bits per heavy atom. The lowest BCUT2D eigenvalue weighted by Gasteiger charge is -2.19. The van der Waals surface area contributed by atoms with Gasteiger partial charge in [0.15, 0.2) is 0 Å². The van der Waals surface area contributed by atoms with Crippen LogP contribution in [0.5, 0.6) is 0 Å². The fraction of sp³-hybridized carbons (Fsp3) is 0.286. The van der Waals surface area contributed by atoms with Crippen LogP contribution in [0.3, 0.4) is 0 Å². The Bertz CT molecular complexity index is 722. The number of hydrogen-bond donors (Lipinski definition) is 1. The van der Waals surface area contributed by atoms with E-state index in [1.54, 1.807) is 6.07 Å². The Hall–Kier alpha value is -0.400. The Morgan fingerprint density at radius 3 is 2.55 bits per heavy atom. The van der Waals surface area contributed by atoms with Crippen molar-refractivity contribution in [3.8, 4) is 11.4 Å². The zero-order chi connectivity index (χ0) is 15.1. The molecule has 1 aromatic carbocycles. The average molecular weight is 468 g/mol. The number of aromatic nitrogens is 2. The van der Waals surface area contributed by atoms with Crippen LogP contribution in [0.2, 0.25) is 5.02 Å². The van der Waals surface area contributed by atoms with E-state index in [2.05, 4.69) is 25.9 Å². The Balaban J connectivity index is 2.67. The summed E-state index contributed by atoms with van der Waals surface area (Å²) in [5, 5.41) is 0.623. The summed E-state index contributed by atoms with van der Waals surface area (Å²) in [6, 6.07) is 5.46. The van der Waals surface area contributed by atoms with Gasteiger partial charge >= 0.3 is 0 Å². The van der Waals surface area contributed by atoms with Crippen LogP contribution in [0.1, 0.15) is 26.5 Å². The molecule has 1 aromatic heterocycles. The minimum Gasteiger partial charge on any atom is -0.306 e. The van der Waals surface area contributed by atoms with Crippen molar-refractivity contribution < 1.29 is 0 Å². The summed E-state index contributed by atoms with van der Waals surface area (Å²) in [6.07, 6.45) is 0. The summed E-state index contributed by atoms with van der Waals surface area (Å²) in [6.45, 7) is 6.12. The van der Waals surface area contributed by atoms with Crippen molar-refractivity contribution in [2.24, 2.45) is 0 Å². The van der Waals surface area contributed by atoms with Crippen molar-refractivity contribution >= 4 is 50.1 Å². The second-order valence-corrected chi connectivity index (χ2v) is 7.80. The van der Waals surface area contributed by atoms with Gasteiger partial charge in [0.05, 0.1) is 10.7 Å². The van der Waals surface area contributed by atoms with Gasteiger partial charge in [-0.05, 0) is 56.7 Å². The van der Waals surface area contributed by atoms with Crippen molar-refractivity contribution in [3.63, 3.8) is 0 Å². The third-order valence-corrected chi connectivity index (χ3v) is 4.98. The van der Waals surface area contributed by atoms with E-state index >= 15 is 0 Å². The van der Waals surface area contributed by atoms with Crippen LogP contribution in [0.15, 0.2) is 27.5 Å². The van der Waals surface area contributed by atoms with E-state index < -0.39 is 0 Å². The van der Waals surface area contributed by atoms with E-state index in [1.165, 1.54) is 0 Å². The Labute approximate surface area is 144 Å². The van der Waals surface area contributed by atoms with Crippen LogP contribution in [0.4, 0.5) is 0 Å². The number of aromatic amines is 1. The Morgan fingerprint density at radius 1 is 1.35 bits per heavy atom. The van der Waals surface area contributed by atoms with Crippen LogP contribution in [0, 0.1) is 3.57 Å². The minimum atomic E-state index is -0.191. The highest BCUT2D eigenvalue weighted by Gasteiger charge is 2.22. The van der Waals surface area contributed by atoms with Crippen LogP contribution in [0.25, 0.3) is 11.4 Å². The molecule has 0 amide bonds. The summed E-state index contributed by atoms with van der Waals surface area (Å²) in [4.78, 5) is 19.5. The average Bonchev–Trinajstić information content (AvgIpc) is 2.34. The molecule has 1 heterocycles. The fourth-order valence-electron chi connectivity index (χ4n) is 1.74. The summed E-state index contributed by atoms with van der Waals surface area (Å²) in [5.41, 5.74) is 1.30. The first kappa shape index (κ1) is 16.0. The third kappa shape index (κ3) is 3.26. The highest BCUT2D eigenvalue weighted by atomic mass is 127. The molecule has 0 unspecified atom stereocenters. The van der Waals surface area contributed by atoms with Crippen molar-refractivity contribution in [1.82, 2.24) is 9.97 Å². The summed E-state index contributed by atoms with van der Waals surface area (Å²) < 4.78 is 1.40. The van der Waals surface area contributed by atoms with Gasteiger partial charge < -0.3 is 4.98 Å². The first-order valence-corrected chi connectivity index (χ1v) is 8.21. The van der Waals surface area contributed by atoms with E-state index in [0.717, 1.165) is 15.7 Å². The first-order chi connectivity index (χ1) is 9.20. The molecule has 0 radical (unpaired) electrons. The molecule has 0 fully saturated rings. The number of halogens is 3. The molecule has 0 saturated heterocycles. The van der Waals surface area contributed by atoms with Crippen LogP contribution >= 0.6 is 50.1 Å². The molecule has 0 aliphatic rings. The number of nitrogens with zero attached hydrogens (tertiary/aromatic N) is 1. The third-order valence-electron chi connectivity index (χ3n) is 2.77. The predicted octanol–water partition coefficient (Wildman–Crippen LogP) is 4.75. The lowest BCUT2D eigenvalue weighted by atomic mass is 9.92. The maximum absolute atomic E-state index is 12.1. The van der Waals surface area contributed by atoms with Gasteiger partial charge in [0.2, 0.25) is 0 Å². The number of benzene rings is 1. The van der Waals surface area contributed by atoms with Crippen molar-refractivity contribution in [1.29, 1.82) is 0 Å². The van der Waals surface area contributed by atoms with Gasteiger partial charge in [-0.1, -0.05) is 32.4 Å². The van der Waals surface area contributed by atoms with Gasteiger partial charge in [0, 0.05) is 15.5 Å². The smallest absolute Gasteiger partial charge is 0.264 e. The second-order valence-electron chi connectivity index (χ2n) is 5.46. The number of hydrogen-bond acceptors (Lipinski definition) is 2. The van der Waals surface area contributed by atoms with E-state index in [1.807, 2.05) is 55.5 Å². The molecule has 2 aromatic rings. The highest BCUT2D eigenvalue weighted by molar-refractivity contribution is 14.1. The molecule has 3 nitrogen and oxygen atoms in total. The van der Waals surface area contributed by atoms with Crippen LogP contribution in [-0.2, 0) is 5.41 Å². The van der Waals surface area contributed by atoms with Crippen molar-refractivity contribution in [2.75, 3.05) is 0 Å². The van der Waals surface area contributed by atoms with Crippen molar-refractivity contribution in [3.05, 3.63) is 47.3 Å². The molecule has 0 spiro atoms. The first-order valence-electron chi connectivity index (χ1n) is 5.96. The van der Waals surface area contributed by atoms with Gasteiger partial charge in [-0.25, -0.2) is 4.98 Å².